The molecule has 30 heavy (non-hydrogen) atoms. The van der Waals surface area contributed by atoms with Crippen molar-refractivity contribution >= 4 is 11.0 Å². The Labute approximate surface area is 177 Å². The van der Waals surface area contributed by atoms with E-state index in [1.165, 1.54) is 24.5 Å². The average molecular weight is 408 g/mol. The predicted octanol–water partition coefficient (Wildman–Crippen LogP) is 4.84. The van der Waals surface area contributed by atoms with Gasteiger partial charge in [0.25, 0.3) is 0 Å². The van der Waals surface area contributed by atoms with Gasteiger partial charge in [0.15, 0.2) is 11.5 Å². The molecule has 1 aromatic heterocycles. The molecule has 2 aromatic carbocycles. The molecule has 0 unspecified atom stereocenters. The topological polar surface area (TPSA) is 51.9 Å². The molecule has 1 aliphatic rings. The molecule has 0 amide bonds. The monoisotopic (exact) mass is 407 g/mol. The molecule has 0 atom stereocenters. The summed E-state index contributed by atoms with van der Waals surface area (Å²) in [6.07, 6.45) is 3.37. The van der Waals surface area contributed by atoms with Gasteiger partial charge in [0, 0.05) is 24.1 Å². The van der Waals surface area contributed by atoms with Crippen molar-refractivity contribution in [3.05, 3.63) is 70.6 Å². The zero-order valence-electron chi connectivity index (χ0n) is 17.5. The Morgan fingerprint density at radius 2 is 1.77 bits per heavy atom. The molecule has 0 aliphatic carbocycles. The maximum Gasteiger partial charge on any atom is 0.336 e. The van der Waals surface area contributed by atoms with Gasteiger partial charge in [0.05, 0.1) is 13.2 Å². The van der Waals surface area contributed by atoms with Crippen molar-refractivity contribution in [3.8, 4) is 11.5 Å². The summed E-state index contributed by atoms with van der Waals surface area (Å²) in [6.45, 7) is 6.37. The molecule has 3 aromatic rings. The van der Waals surface area contributed by atoms with Crippen molar-refractivity contribution in [3.63, 3.8) is 0 Å². The Bertz CT molecular complexity index is 1010. The highest BCUT2D eigenvalue weighted by Gasteiger charge is 2.20. The summed E-state index contributed by atoms with van der Waals surface area (Å²) in [6, 6.07) is 17.6. The van der Waals surface area contributed by atoms with Crippen LogP contribution >= 0.6 is 0 Å². The van der Waals surface area contributed by atoms with Crippen LogP contribution in [0.25, 0.3) is 11.0 Å². The number of rotatable bonds is 8. The van der Waals surface area contributed by atoms with Crippen LogP contribution < -0.4 is 15.1 Å². The smallest absolute Gasteiger partial charge is 0.336 e. The fourth-order valence-electron chi connectivity index (χ4n) is 4.14. The summed E-state index contributed by atoms with van der Waals surface area (Å²) in [5.41, 5.74) is 1.62. The van der Waals surface area contributed by atoms with E-state index in [-0.39, 0.29) is 5.63 Å². The summed E-state index contributed by atoms with van der Waals surface area (Å²) in [5, 5.41) is 0.826. The van der Waals surface area contributed by atoms with Crippen LogP contribution in [0.15, 0.2) is 63.8 Å². The largest absolute Gasteiger partial charge is 0.490 e. The van der Waals surface area contributed by atoms with Crippen molar-refractivity contribution in [1.29, 1.82) is 0 Å². The maximum absolute atomic E-state index is 11.5. The van der Waals surface area contributed by atoms with Gasteiger partial charge in [-0.1, -0.05) is 30.3 Å². The second-order valence-electron chi connectivity index (χ2n) is 7.75. The second kappa shape index (κ2) is 9.81. The molecular formula is C25H29NO4. The molecule has 0 radical (unpaired) electrons. The van der Waals surface area contributed by atoms with E-state index in [0.29, 0.717) is 36.2 Å². The number of hydrogen-bond acceptors (Lipinski definition) is 5. The van der Waals surface area contributed by atoms with Crippen LogP contribution in [0.1, 0.15) is 37.7 Å². The molecule has 0 bridgehead atoms. The quantitative estimate of drug-likeness (QED) is 0.395. The van der Waals surface area contributed by atoms with Gasteiger partial charge < -0.3 is 18.8 Å². The minimum absolute atomic E-state index is 0.364. The molecular weight excluding hydrogens is 378 g/mol. The average Bonchev–Trinajstić information content (AvgIpc) is 2.78. The fraction of sp³-hybridized carbons (Fsp3) is 0.400. The van der Waals surface area contributed by atoms with E-state index < -0.39 is 0 Å². The zero-order valence-corrected chi connectivity index (χ0v) is 17.5. The van der Waals surface area contributed by atoms with E-state index in [2.05, 4.69) is 35.2 Å². The van der Waals surface area contributed by atoms with Crippen LogP contribution in [-0.4, -0.2) is 37.7 Å². The standard InChI is InChI=1S/C25H29NO4/c1-2-28-23-17-21-9-10-25(27)30-22(21)18-24(23)29-16-6-13-26-14-11-20(12-15-26)19-7-4-3-5-8-19/h3-5,7-10,17-18,20H,2,6,11-16H2,1H3. The fourth-order valence-corrected chi connectivity index (χ4v) is 4.14. The molecule has 1 aliphatic heterocycles. The second-order valence-corrected chi connectivity index (χ2v) is 7.75. The molecule has 0 N–H and O–H groups in total. The molecule has 4 rings (SSSR count). The predicted molar refractivity (Wildman–Crippen MR) is 119 cm³/mol. The third-order valence-electron chi connectivity index (χ3n) is 5.72. The van der Waals surface area contributed by atoms with Crippen LogP contribution in [0.4, 0.5) is 0 Å². The number of ether oxygens (including phenoxy) is 2. The van der Waals surface area contributed by atoms with Gasteiger partial charge in [-0.3, -0.25) is 0 Å². The van der Waals surface area contributed by atoms with Crippen LogP contribution in [-0.2, 0) is 0 Å². The van der Waals surface area contributed by atoms with Gasteiger partial charge in [-0.05, 0) is 62.9 Å². The van der Waals surface area contributed by atoms with E-state index in [1.54, 1.807) is 12.1 Å². The van der Waals surface area contributed by atoms with E-state index in [0.717, 1.165) is 31.4 Å². The number of fused-ring (bicyclic) bond motifs is 1. The van der Waals surface area contributed by atoms with Gasteiger partial charge in [0.1, 0.15) is 5.58 Å². The maximum atomic E-state index is 11.5. The Balaban J connectivity index is 1.29. The van der Waals surface area contributed by atoms with Gasteiger partial charge in [-0.2, -0.15) is 0 Å². The van der Waals surface area contributed by atoms with Crippen molar-refractivity contribution in [2.24, 2.45) is 0 Å². The van der Waals surface area contributed by atoms with Gasteiger partial charge >= 0.3 is 5.63 Å². The SMILES string of the molecule is CCOc1cc2ccc(=O)oc2cc1OCCCN1CCC(c2ccccc2)CC1. The van der Waals surface area contributed by atoms with Gasteiger partial charge in [-0.15, -0.1) is 0 Å². The first-order valence-corrected chi connectivity index (χ1v) is 10.8. The van der Waals surface area contributed by atoms with Gasteiger partial charge in [0.2, 0.25) is 0 Å². The molecule has 0 spiro atoms. The molecule has 2 heterocycles. The van der Waals surface area contributed by atoms with Gasteiger partial charge in [-0.25, -0.2) is 4.79 Å². The lowest BCUT2D eigenvalue weighted by Crippen LogP contribution is -2.34. The number of benzene rings is 2. The molecule has 5 nitrogen and oxygen atoms in total. The first-order valence-electron chi connectivity index (χ1n) is 10.8. The molecule has 1 fully saturated rings. The summed E-state index contributed by atoms with van der Waals surface area (Å²) in [5.74, 6) is 1.99. The third kappa shape index (κ3) is 5.03. The zero-order chi connectivity index (χ0) is 20.8. The van der Waals surface area contributed by atoms with Crippen molar-refractivity contribution in [2.75, 3.05) is 32.8 Å². The lowest BCUT2D eigenvalue weighted by Gasteiger charge is -2.32. The summed E-state index contributed by atoms with van der Waals surface area (Å²) in [7, 11) is 0. The van der Waals surface area contributed by atoms with E-state index in [9.17, 15) is 4.79 Å². The first-order chi connectivity index (χ1) is 14.7. The van der Waals surface area contributed by atoms with Crippen LogP contribution in [0.5, 0.6) is 11.5 Å². The molecule has 0 saturated carbocycles. The Kier molecular flexibility index (Phi) is 6.70. The first kappa shape index (κ1) is 20.5. The lowest BCUT2D eigenvalue weighted by atomic mass is 9.89. The van der Waals surface area contributed by atoms with Crippen molar-refractivity contribution in [2.45, 2.75) is 32.1 Å². The summed E-state index contributed by atoms with van der Waals surface area (Å²) < 4.78 is 17.0. The number of likely N-dealkylation sites (tertiary alicyclic amines) is 1. The summed E-state index contributed by atoms with van der Waals surface area (Å²) >= 11 is 0. The molecule has 1 saturated heterocycles. The minimum Gasteiger partial charge on any atom is -0.490 e. The highest BCUT2D eigenvalue weighted by atomic mass is 16.5. The highest BCUT2D eigenvalue weighted by Crippen LogP contribution is 2.32. The third-order valence-corrected chi connectivity index (χ3v) is 5.72. The Morgan fingerprint density at radius 3 is 2.53 bits per heavy atom. The van der Waals surface area contributed by atoms with Crippen LogP contribution in [0.2, 0.25) is 0 Å². The van der Waals surface area contributed by atoms with E-state index in [1.807, 2.05) is 13.0 Å². The normalized spacial score (nSPS) is 15.4. The van der Waals surface area contributed by atoms with E-state index >= 15 is 0 Å². The Morgan fingerprint density at radius 1 is 1.00 bits per heavy atom. The molecule has 5 heteroatoms. The van der Waals surface area contributed by atoms with Crippen molar-refractivity contribution in [1.82, 2.24) is 4.90 Å². The lowest BCUT2D eigenvalue weighted by molar-refractivity contribution is 0.190. The van der Waals surface area contributed by atoms with Crippen molar-refractivity contribution < 1.29 is 13.9 Å². The number of hydrogen-bond donors (Lipinski definition) is 0. The van der Waals surface area contributed by atoms with Crippen LogP contribution in [0, 0.1) is 0 Å². The summed E-state index contributed by atoms with van der Waals surface area (Å²) in [4.78, 5) is 14.0. The van der Waals surface area contributed by atoms with Crippen LogP contribution in [0.3, 0.4) is 0 Å². The minimum atomic E-state index is -0.364. The molecule has 158 valence electrons. The number of nitrogens with zero attached hydrogens (tertiary/aromatic N) is 1. The van der Waals surface area contributed by atoms with E-state index in [4.69, 9.17) is 13.9 Å². The Hall–Kier alpha value is -2.79. The number of piperidine rings is 1. The highest BCUT2D eigenvalue weighted by molar-refractivity contribution is 5.80.